The second kappa shape index (κ2) is 5.10. The molecule has 18 heavy (non-hydrogen) atoms. The molecule has 0 unspecified atom stereocenters. The van der Waals surface area contributed by atoms with Gasteiger partial charge in [0.1, 0.15) is 11.5 Å². The quantitative estimate of drug-likeness (QED) is 0.856. The number of primary amides is 1. The molecule has 4 N–H and O–H groups in total. The van der Waals surface area contributed by atoms with Crippen LogP contribution in [0.4, 0.5) is 5.69 Å². The fraction of sp³-hybridized carbons (Fsp3) is 0. The highest BCUT2D eigenvalue weighted by atomic mass is 79.9. The van der Waals surface area contributed by atoms with Crippen LogP contribution in [0, 0.1) is 0 Å². The van der Waals surface area contributed by atoms with Crippen LogP contribution in [0.25, 0.3) is 0 Å². The molecule has 0 heterocycles. The summed E-state index contributed by atoms with van der Waals surface area (Å²) in [5.74, 6) is 0.577. The van der Waals surface area contributed by atoms with E-state index in [0.717, 1.165) is 4.47 Å². The van der Waals surface area contributed by atoms with Gasteiger partial charge in [0.25, 0.3) is 5.91 Å². The molecule has 2 aromatic carbocycles. The highest BCUT2D eigenvalue weighted by Crippen LogP contribution is 2.30. The molecule has 0 fully saturated rings. The summed E-state index contributed by atoms with van der Waals surface area (Å²) in [7, 11) is 0. The number of benzene rings is 2. The van der Waals surface area contributed by atoms with E-state index in [1.807, 2.05) is 24.3 Å². The Labute approximate surface area is 113 Å². The fourth-order valence-corrected chi connectivity index (χ4v) is 1.83. The van der Waals surface area contributed by atoms with E-state index in [-0.39, 0.29) is 5.56 Å². The first-order valence-corrected chi connectivity index (χ1v) is 5.99. The first-order chi connectivity index (χ1) is 8.58. The van der Waals surface area contributed by atoms with Gasteiger partial charge in [-0.25, -0.2) is 0 Å². The fourth-order valence-electron chi connectivity index (χ4n) is 1.47. The highest BCUT2D eigenvalue weighted by molar-refractivity contribution is 9.10. The van der Waals surface area contributed by atoms with E-state index in [4.69, 9.17) is 16.2 Å². The van der Waals surface area contributed by atoms with E-state index in [0.29, 0.717) is 17.2 Å². The third-order valence-electron chi connectivity index (χ3n) is 2.35. The highest BCUT2D eigenvalue weighted by Gasteiger charge is 2.08. The maximum Gasteiger partial charge on any atom is 0.250 e. The van der Waals surface area contributed by atoms with Crippen LogP contribution in [0.3, 0.4) is 0 Å². The molecule has 0 aliphatic rings. The number of carbonyl (C=O) groups is 1. The lowest BCUT2D eigenvalue weighted by Crippen LogP contribution is -2.13. The van der Waals surface area contributed by atoms with Crippen LogP contribution < -0.4 is 16.2 Å². The van der Waals surface area contributed by atoms with Gasteiger partial charge in [0, 0.05) is 5.69 Å². The van der Waals surface area contributed by atoms with Gasteiger partial charge in [-0.1, -0.05) is 12.1 Å². The first-order valence-electron chi connectivity index (χ1n) is 5.19. The number of hydrogen-bond acceptors (Lipinski definition) is 3. The van der Waals surface area contributed by atoms with Crippen molar-refractivity contribution in [1.29, 1.82) is 0 Å². The molecule has 0 aromatic heterocycles. The Hall–Kier alpha value is -2.01. The summed E-state index contributed by atoms with van der Waals surface area (Å²) >= 11 is 3.37. The van der Waals surface area contributed by atoms with Gasteiger partial charge in [-0.15, -0.1) is 0 Å². The van der Waals surface area contributed by atoms with Crippen molar-refractivity contribution < 1.29 is 9.53 Å². The van der Waals surface area contributed by atoms with Crippen LogP contribution in [0.2, 0.25) is 0 Å². The number of nitrogen functional groups attached to an aromatic ring is 1. The molecule has 0 atom stereocenters. The standard InChI is InChI=1S/C13H11BrN2O2/c14-10-3-1-2-4-12(10)18-8-5-6-11(15)9(7-8)13(16)17/h1-7H,15H2,(H2,16,17). The zero-order chi connectivity index (χ0) is 13.1. The molecule has 92 valence electrons. The van der Waals surface area contributed by atoms with Crippen molar-refractivity contribution in [3.63, 3.8) is 0 Å². The van der Waals surface area contributed by atoms with Crippen LogP contribution in [-0.2, 0) is 0 Å². The van der Waals surface area contributed by atoms with Gasteiger partial charge in [0.2, 0.25) is 0 Å². The normalized spacial score (nSPS) is 10.1. The largest absolute Gasteiger partial charge is 0.456 e. The van der Waals surface area contributed by atoms with E-state index < -0.39 is 5.91 Å². The smallest absolute Gasteiger partial charge is 0.250 e. The number of anilines is 1. The number of halogens is 1. The molecule has 0 aliphatic carbocycles. The van der Waals surface area contributed by atoms with Crippen LogP contribution >= 0.6 is 15.9 Å². The maximum absolute atomic E-state index is 11.2. The van der Waals surface area contributed by atoms with Gasteiger partial charge < -0.3 is 16.2 Å². The topological polar surface area (TPSA) is 78.3 Å². The summed E-state index contributed by atoms with van der Waals surface area (Å²) in [5.41, 5.74) is 11.5. The van der Waals surface area contributed by atoms with Gasteiger partial charge in [0.15, 0.2) is 0 Å². The van der Waals surface area contributed by atoms with Crippen LogP contribution in [-0.4, -0.2) is 5.91 Å². The molecule has 0 spiro atoms. The molecule has 0 aliphatic heterocycles. The molecule has 0 saturated carbocycles. The van der Waals surface area contributed by atoms with Gasteiger partial charge in [-0.05, 0) is 46.3 Å². The first kappa shape index (κ1) is 12.4. The third-order valence-corrected chi connectivity index (χ3v) is 3.01. The summed E-state index contributed by atoms with van der Waals surface area (Å²) in [4.78, 5) is 11.2. The Morgan fingerprint density at radius 1 is 1.17 bits per heavy atom. The lowest BCUT2D eigenvalue weighted by atomic mass is 10.1. The molecular formula is C13H11BrN2O2. The summed E-state index contributed by atoms with van der Waals surface area (Å²) < 4.78 is 6.47. The van der Waals surface area contributed by atoms with Gasteiger partial charge in [-0.3, -0.25) is 4.79 Å². The van der Waals surface area contributed by atoms with Crippen molar-refractivity contribution in [2.24, 2.45) is 5.73 Å². The summed E-state index contributed by atoms with van der Waals surface area (Å²) in [6.07, 6.45) is 0. The molecule has 1 amide bonds. The summed E-state index contributed by atoms with van der Waals surface area (Å²) in [6.45, 7) is 0. The number of amides is 1. The Bertz CT molecular complexity index is 599. The number of ether oxygens (including phenoxy) is 1. The van der Waals surface area contributed by atoms with Crippen LogP contribution in [0.5, 0.6) is 11.5 Å². The van der Waals surface area contributed by atoms with E-state index in [1.165, 1.54) is 6.07 Å². The minimum Gasteiger partial charge on any atom is -0.456 e. The number of hydrogen-bond donors (Lipinski definition) is 2. The number of nitrogens with two attached hydrogens (primary N) is 2. The van der Waals surface area contributed by atoms with Gasteiger partial charge in [0.05, 0.1) is 10.0 Å². The van der Waals surface area contributed by atoms with Gasteiger partial charge >= 0.3 is 0 Å². The van der Waals surface area contributed by atoms with Crippen molar-refractivity contribution in [2.75, 3.05) is 5.73 Å². The molecule has 0 radical (unpaired) electrons. The van der Waals surface area contributed by atoms with E-state index in [1.54, 1.807) is 12.1 Å². The van der Waals surface area contributed by atoms with Crippen LogP contribution in [0.15, 0.2) is 46.9 Å². The molecule has 5 heteroatoms. The third kappa shape index (κ3) is 2.62. The molecule has 2 rings (SSSR count). The average molecular weight is 307 g/mol. The predicted molar refractivity (Wildman–Crippen MR) is 73.6 cm³/mol. The van der Waals surface area contributed by atoms with E-state index >= 15 is 0 Å². The maximum atomic E-state index is 11.2. The molecular weight excluding hydrogens is 296 g/mol. The minimum atomic E-state index is -0.579. The summed E-state index contributed by atoms with van der Waals surface area (Å²) in [6, 6.07) is 12.2. The number of carbonyl (C=O) groups excluding carboxylic acids is 1. The predicted octanol–water partition coefficient (Wildman–Crippen LogP) is 2.92. The molecule has 4 nitrogen and oxygen atoms in total. The molecule has 0 saturated heterocycles. The number of rotatable bonds is 3. The van der Waals surface area contributed by atoms with Crippen molar-refractivity contribution in [2.45, 2.75) is 0 Å². The average Bonchev–Trinajstić information content (AvgIpc) is 2.34. The zero-order valence-electron chi connectivity index (χ0n) is 9.39. The SMILES string of the molecule is NC(=O)c1cc(Oc2ccccc2Br)ccc1N. The minimum absolute atomic E-state index is 0.250. The second-order valence-corrected chi connectivity index (χ2v) is 4.50. The van der Waals surface area contributed by atoms with Crippen molar-refractivity contribution in [1.82, 2.24) is 0 Å². The summed E-state index contributed by atoms with van der Waals surface area (Å²) in [5, 5.41) is 0. The monoisotopic (exact) mass is 306 g/mol. The lowest BCUT2D eigenvalue weighted by molar-refractivity contribution is 0.100. The van der Waals surface area contributed by atoms with E-state index in [2.05, 4.69) is 15.9 Å². The Balaban J connectivity index is 2.33. The Morgan fingerprint density at radius 3 is 2.56 bits per heavy atom. The van der Waals surface area contributed by atoms with Crippen molar-refractivity contribution in [3.05, 3.63) is 52.5 Å². The van der Waals surface area contributed by atoms with Crippen molar-refractivity contribution in [3.8, 4) is 11.5 Å². The Morgan fingerprint density at radius 2 is 1.89 bits per heavy atom. The zero-order valence-corrected chi connectivity index (χ0v) is 11.0. The molecule has 2 aromatic rings. The Kier molecular flexibility index (Phi) is 3.53. The molecule has 0 bridgehead atoms. The van der Waals surface area contributed by atoms with Crippen molar-refractivity contribution >= 4 is 27.5 Å². The number of para-hydroxylation sites is 1. The lowest BCUT2D eigenvalue weighted by Gasteiger charge is -2.09. The van der Waals surface area contributed by atoms with Gasteiger partial charge in [-0.2, -0.15) is 0 Å². The second-order valence-electron chi connectivity index (χ2n) is 3.65. The van der Waals surface area contributed by atoms with E-state index in [9.17, 15) is 4.79 Å². The van der Waals surface area contributed by atoms with Crippen LogP contribution in [0.1, 0.15) is 10.4 Å².